The van der Waals surface area contributed by atoms with Crippen molar-refractivity contribution in [2.45, 2.75) is 64.8 Å². The van der Waals surface area contributed by atoms with Gasteiger partial charge in [0.25, 0.3) is 0 Å². The molecule has 24 heavy (non-hydrogen) atoms. The number of carbonyl (C=O) groups excluding carboxylic acids is 1. The lowest BCUT2D eigenvalue weighted by Gasteiger charge is -2.25. The molecule has 6 nitrogen and oxygen atoms in total. The first-order chi connectivity index (χ1) is 11.2. The number of hydrogen-bond donors (Lipinski definition) is 2. The summed E-state index contributed by atoms with van der Waals surface area (Å²) in [7, 11) is 0. The Hall–Kier alpha value is -1.64. The van der Waals surface area contributed by atoms with Gasteiger partial charge < -0.3 is 9.88 Å². The molecule has 2 N–H and O–H groups in total. The minimum Gasteiger partial charge on any atom is -0.354 e. The van der Waals surface area contributed by atoms with Crippen molar-refractivity contribution in [2.24, 2.45) is 5.92 Å². The Kier molecular flexibility index (Phi) is 5.84. The average Bonchev–Trinajstić information content (AvgIpc) is 2.92. The molecule has 0 unspecified atom stereocenters. The van der Waals surface area contributed by atoms with E-state index in [0.29, 0.717) is 31.3 Å². The van der Waals surface area contributed by atoms with Crippen LogP contribution in [0.3, 0.4) is 0 Å². The molecule has 0 fully saturated rings. The summed E-state index contributed by atoms with van der Waals surface area (Å²) in [4.78, 5) is 11.9. The fourth-order valence-electron chi connectivity index (χ4n) is 2.67. The molecule has 0 spiro atoms. The highest BCUT2D eigenvalue weighted by molar-refractivity contribution is 5.81. The minimum absolute atomic E-state index is 0.0255. The van der Waals surface area contributed by atoms with Crippen molar-refractivity contribution < 1.29 is 18.0 Å². The quantitative estimate of drug-likeness (QED) is 0.825. The van der Waals surface area contributed by atoms with Gasteiger partial charge in [-0.15, -0.1) is 10.2 Å². The number of nitrogens with one attached hydrogen (secondary N) is 2. The largest absolute Gasteiger partial charge is 0.398 e. The highest BCUT2D eigenvalue weighted by Crippen LogP contribution is 2.40. The minimum atomic E-state index is -4.31. The Morgan fingerprint density at radius 2 is 2.04 bits per heavy atom. The molecule has 0 aromatic carbocycles. The summed E-state index contributed by atoms with van der Waals surface area (Å²) in [5.74, 6) is -0.941. The maximum absolute atomic E-state index is 13.0. The van der Waals surface area contributed by atoms with E-state index in [9.17, 15) is 18.0 Å². The number of hydrogen-bond acceptors (Lipinski definition) is 4. The van der Waals surface area contributed by atoms with E-state index in [1.54, 1.807) is 6.92 Å². The van der Waals surface area contributed by atoms with Gasteiger partial charge in [0.2, 0.25) is 5.91 Å². The van der Waals surface area contributed by atoms with Crippen molar-refractivity contribution in [3.05, 3.63) is 11.6 Å². The molecule has 9 heteroatoms. The molecular weight excluding hydrogens is 323 g/mol. The van der Waals surface area contributed by atoms with Gasteiger partial charge in [0.15, 0.2) is 0 Å². The lowest BCUT2D eigenvalue weighted by molar-refractivity contribution is -0.156. The number of carbonyl (C=O) groups is 1. The van der Waals surface area contributed by atoms with Crippen molar-refractivity contribution in [3.63, 3.8) is 0 Å². The van der Waals surface area contributed by atoms with Crippen LogP contribution in [0.5, 0.6) is 0 Å². The Morgan fingerprint density at radius 1 is 1.33 bits per heavy atom. The van der Waals surface area contributed by atoms with Gasteiger partial charge in [0, 0.05) is 13.1 Å². The number of amides is 1. The molecule has 1 aromatic rings. The van der Waals surface area contributed by atoms with Crippen LogP contribution < -0.4 is 10.6 Å². The highest BCUT2D eigenvalue weighted by Gasteiger charge is 2.45. The second-order valence-electron chi connectivity index (χ2n) is 6.60. The van der Waals surface area contributed by atoms with Crippen LogP contribution in [0.25, 0.3) is 0 Å². The van der Waals surface area contributed by atoms with Crippen LogP contribution in [0, 0.1) is 5.92 Å². The van der Waals surface area contributed by atoms with Crippen LogP contribution in [0.2, 0.25) is 0 Å². The van der Waals surface area contributed by atoms with Crippen LogP contribution in [-0.2, 0) is 17.9 Å². The van der Waals surface area contributed by atoms with E-state index in [2.05, 4.69) is 20.8 Å². The van der Waals surface area contributed by atoms with E-state index in [4.69, 9.17) is 0 Å². The van der Waals surface area contributed by atoms with Crippen molar-refractivity contribution in [1.82, 2.24) is 25.4 Å². The lowest BCUT2D eigenvalue weighted by atomic mass is 9.98. The molecule has 0 saturated carbocycles. The third kappa shape index (κ3) is 4.46. The van der Waals surface area contributed by atoms with Crippen LogP contribution in [0.15, 0.2) is 0 Å². The number of fused-ring (bicyclic) bond motifs is 1. The van der Waals surface area contributed by atoms with Crippen LogP contribution in [0.1, 0.15) is 51.2 Å². The maximum atomic E-state index is 13.0. The number of aromatic nitrogens is 3. The summed E-state index contributed by atoms with van der Waals surface area (Å²) in [5, 5.41) is 13.4. The second kappa shape index (κ2) is 7.50. The van der Waals surface area contributed by atoms with E-state index in [-0.39, 0.29) is 24.7 Å². The van der Waals surface area contributed by atoms with E-state index in [0.717, 1.165) is 0 Å². The SMILES string of the molecule is CC(C)CNC(=O)[C@H](C)NCc1nnc2n1CCC[C@H]2C(F)(F)F. The molecule has 2 heterocycles. The van der Waals surface area contributed by atoms with Crippen LogP contribution in [0.4, 0.5) is 13.2 Å². The molecule has 2 atom stereocenters. The average molecular weight is 347 g/mol. The summed E-state index contributed by atoms with van der Waals surface area (Å²) in [6, 6.07) is -0.460. The number of halogens is 3. The van der Waals surface area contributed by atoms with Gasteiger partial charge in [0.1, 0.15) is 17.6 Å². The summed E-state index contributed by atoms with van der Waals surface area (Å²) < 4.78 is 40.7. The van der Waals surface area contributed by atoms with E-state index >= 15 is 0 Å². The van der Waals surface area contributed by atoms with E-state index in [1.165, 1.54) is 4.57 Å². The smallest absolute Gasteiger partial charge is 0.354 e. The van der Waals surface area contributed by atoms with Gasteiger partial charge in [-0.2, -0.15) is 13.2 Å². The monoisotopic (exact) mass is 347 g/mol. The lowest BCUT2D eigenvalue weighted by Crippen LogP contribution is -2.43. The van der Waals surface area contributed by atoms with Crippen molar-refractivity contribution in [3.8, 4) is 0 Å². The maximum Gasteiger partial charge on any atom is 0.398 e. The topological polar surface area (TPSA) is 71.8 Å². The predicted molar refractivity (Wildman–Crippen MR) is 82.2 cm³/mol. The van der Waals surface area contributed by atoms with Gasteiger partial charge in [-0.05, 0) is 25.7 Å². The first-order valence-corrected chi connectivity index (χ1v) is 8.20. The number of alkyl halides is 3. The summed E-state index contributed by atoms with van der Waals surface area (Å²) in [6.45, 7) is 6.96. The van der Waals surface area contributed by atoms with Gasteiger partial charge in [-0.25, -0.2) is 0 Å². The highest BCUT2D eigenvalue weighted by atomic mass is 19.4. The van der Waals surface area contributed by atoms with Gasteiger partial charge in [0.05, 0.1) is 12.6 Å². The standard InChI is InChI=1S/C15H24F3N5O/c1-9(2)7-20-14(24)10(3)19-8-12-21-22-13-11(15(16,17)18)5-4-6-23(12)13/h9-11,19H,4-8H2,1-3H3,(H,20,24)/t10-,11+/m0/s1. The third-order valence-corrected chi connectivity index (χ3v) is 4.08. The molecule has 0 radical (unpaired) electrons. The van der Waals surface area contributed by atoms with Crippen LogP contribution >= 0.6 is 0 Å². The van der Waals surface area contributed by atoms with Gasteiger partial charge in [-0.3, -0.25) is 10.1 Å². The summed E-state index contributed by atoms with van der Waals surface area (Å²) in [5.41, 5.74) is 0. The Labute approximate surface area is 139 Å². The van der Waals surface area contributed by atoms with Crippen LogP contribution in [-0.4, -0.2) is 39.4 Å². The summed E-state index contributed by atoms with van der Waals surface area (Å²) in [6.07, 6.45) is -3.82. The predicted octanol–water partition coefficient (Wildman–Crippen LogP) is 1.97. The van der Waals surface area contributed by atoms with Gasteiger partial charge in [-0.1, -0.05) is 13.8 Å². The Morgan fingerprint density at radius 3 is 2.67 bits per heavy atom. The van der Waals surface area contributed by atoms with Crippen molar-refractivity contribution >= 4 is 5.91 Å². The first kappa shape index (κ1) is 18.7. The number of nitrogens with zero attached hydrogens (tertiary/aromatic N) is 3. The molecule has 0 aliphatic carbocycles. The Balaban J connectivity index is 1.97. The zero-order chi connectivity index (χ0) is 17.9. The normalized spacial score (nSPS) is 19.2. The molecule has 1 amide bonds. The third-order valence-electron chi connectivity index (χ3n) is 4.08. The van der Waals surface area contributed by atoms with Crippen molar-refractivity contribution in [2.75, 3.05) is 6.54 Å². The molecule has 2 rings (SSSR count). The summed E-state index contributed by atoms with van der Waals surface area (Å²) >= 11 is 0. The molecular formula is C15H24F3N5O. The fraction of sp³-hybridized carbons (Fsp3) is 0.800. The zero-order valence-corrected chi connectivity index (χ0v) is 14.2. The number of rotatable bonds is 6. The fourth-order valence-corrected chi connectivity index (χ4v) is 2.67. The molecule has 1 aliphatic heterocycles. The molecule has 136 valence electrons. The van der Waals surface area contributed by atoms with E-state index < -0.39 is 18.1 Å². The van der Waals surface area contributed by atoms with Crippen molar-refractivity contribution in [1.29, 1.82) is 0 Å². The second-order valence-corrected chi connectivity index (χ2v) is 6.60. The molecule has 1 aromatic heterocycles. The molecule has 0 saturated heterocycles. The van der Waals surface area contributed by atoms with E-state index in [1.807, 2.05) is 13.8 Å². The first-order valence-electron chi connectivity index (χ1n) is 8.20. The Bertz CT molecular complexity index is 570. The molecule has 0 bridgehead atoms. The molecule has 1 aliphatic rings. The van der Waals surface area contributed by atoms with Gasteiger partial charge >= 0.3 is 6.18 Å². The zero-order valence-electron chi connectivity index (χ0n) is 14.2.